The van der Waals surface area contributed by atoms with Gasteiger partial charge in [-0.2, -0.15) is 0 Å². The number of para-hydroxylation sites is 1. The molecular weight excluding hydrogens is 206 g/mol. The number of hydrogen-bond acceptors (Lipinski definition) is 4. The molecule has 0 unspecified atom stereocenters. The normalized spacial score (nSPS) is 11.3. The van der Waals surface area contributed by atoms with E-state index >= 15 is 0 Å². The van der Waals surface area contributed by atoms with Gasteiger partial charge in [-0.1, -0.05) is 32.0 Å². The van der Waals surface area contributed by atoms with Crippen LogP contribution in [0.25, 0.3) is 0 Å². The lowest BCUT2D eigenvalue weighted by Crippen LogP contribution is -2.34. The van der Waals surface area contributed by atoms with Gasteiger partial charge in [0, 0.05) is 5.69 Å². The summed E-state index contributed by atoms with van der Waals surface area (Å²) in [5, 5.41) is 8.23. The molecule has 6 N–H and O–H groups in total. The Morgan fingerprint density at radius 3 is 2.00 bits per heavy atom. The molecule has 0 fully saturated rings. The minimum atomic E-state index is -0.931. The average Bonchev–Trinajstić information content (AvgIpc) is 2.29. The molecule has 0 aliphatic carbocycles. The van der Waals surface area contributed by atoms with E-state index in [-0.39, 0.29) is 5.92 Å². The van der Waals surface area contributed by atoms with Crippen molar-refractivity contribution in [1.82, 2.24) is 0 Å². The zero-order valence-electron chi connectivity index (χ0n) is 9.55. The number of nitrogens with two attached hydrogens (primary N) is 2. The van der Waals surface area contributed by atoms with Crippen LogP contribution in [0.5, 0.6) is 0 Å². The van der Waals surface area contributed by atoms with Crippen molar-refractivity contribution in [1.29, 1.82) is 0 Å². The predicted molar refractivity (Wildman–Crippen MR) is 64.7 cm³/mol. The summed E-state index contributed by atoms with van der Waals surface area (Å²) in [5.41, 5.74) is 8.62. The number of carboxylic acids is 1. The largest absolute Gasteiger partial charge is 0.480 e. The molecule has 90 valence electrons. The van der Waals surface area contributed by atoms with E-state index < -0.39 is 12.0 Å². The maximum Gasteiger partial charge on any atom is 0.320 e. The van der Waals surface area contributed by atoms with Crippen LogP contribution in [0.4, 0.5) is 5.69 Å². The molecule has 0 amide bonds. The average molecular weight is 225 g/mol. The van der Waals surface area contributed by atoms with Crippen molar-refractivity contribution in [3.05, 3.63) is 30.3 Å². The highest BCUT2D eigenvalue weighted by Gasteiger charge is 2.14. The van der Waals surface area contributed by atoms with Gasteiger partial charge < -0.3 is 16.3 Å². The van der Waals surface area contributed by atoms with Gasteiger partial charge >= 0.3 is 5.97 Å². The second kappa shape index (κ2) is 7.67. The van der Waals surface area contributed by atoms with Gasteiger partial charge in [0.2, 0.25) is 0 Å². The van der Waals surface area contributed by atoms with Crippen LogP contribution in [0.2, 0.25) is 0 Å². The first kappa shape index (κ1) is 14.4. The second-order valence-corrected chi connectivity index (χ2v) is 3.62. The Labute approximate surface area is 95.4 Å². The lowest BCUT2D eigenvalue weighted by Gasteiger charge is -2.07. The van der Waals surface area contributed by atoms with Gasteiger partial charge in [0.15, 0.2) is 0 Å². The van der Waals surface area contributed by atoms with Crippen LogP contribution in [0.3, 0.4) is 0 Å². The van der Waals surface area contributed by atoms with Crippen molar-refractivity contribution in [3.8, 4) is 0 Å². The van der Waals surface area contributed by atoms with E-state index in [9.17, 15) is 4.79 Å². The van der Waals surface area contributed by atoms with Gasteiger partial charge in [0.05, 0.1) is 0 Å². The first-order chi connectivity index (χ1) is 7.49. The number of carboxylic acid groups (broad SMARTS) is 1. The minimum absolute atomic E-state index is 0.0208. The third kappa shape index (κ3) is 6.00. The SMILES string of the molecule is CC(C)[C@H](N)C(=O)O.NNc1ccccc1. The van der Waals surface area contributed by atoms with Gasteiger partial charge in [-0.3, -0.25) is 10.6 Å². The molecule has 16 heavy (non-hydrogen) atoms. The Bertz CT molecular complexity index is 301. The van der Waals surface area contributed by atoms with Crippen LogP contribution >= 0.6 is 0 Å². The number of aliphatic carboxylic acids is 1. The summed E-state index contributed by atoms with van der Waals surface area (Å²) in [7, 11) is 0. The van der Waals surface area contributed by atoms with Crippen molar-refractivity contribution in [2.24, 2.45) is 17.5 Å². The Balaban J connectivity index is 0.000000281. The zero-order chi connectivity index (χ0) is 12.6. The molecule has 0 spiro atoms. The Hall–Kier alpha value is -1.59. The summed E-state index contributed by atoms with van der Waals surface area (Å²) >= 11 is 0. The number of nitrogen functional groups attached to an aromatic ring is 1. The number of benzene rings is 1. The maximum absolute atomic E-state index is 10.0. The molecule has 5 nitrogen and oxygen atoms in total. The molecule has 0 radical (unpaired) electrons. The first-order valence-corrected chi connectivity index (χ1v) is 4.99. The lowest BCUT2D eigenvalue weighted by molar-refractivity contribution is -0.139. The number of rotatable bonds is 3. The molecule has 5 heteroatoms. The maximum atomic E-state index is 10.0. The zero-order valence-corrected chi connectivity index (χ0v) is 9.55. The molecule has 0 heterocycles. The van der Waals surface area contributed by atoms with Crippen LogP contribution in [0.1, 0.15) is 13.8 Å². The Morgan fingerprint density at radius 1 is 1.31 bits per heavy atom. The number of nitrogens with one attached hydrogen (secondary N) is 1. The quantitative estimate of drug-likeness (QED) is 0.454. The van der Waals surface area contributed by atoms with Gasteiger partial charge in [0.1, 0.15) is 6.04 Å². The van der Waals surface area contributed by atoms with E-state index in [2.05, 4.69) is 5.43 Å². The van der Waals surface area contributed by atoms with E-state index in [1.807, 2.05) is 30.3 Å². The van der Waals surface area contributed by atoms with E-state index in [0.29, 0.717) is 0 Å². The summed E-state index contributed by atoms with van der Waals surface area (Å²) in [6.45, 7) is 3.55. The molecular formula is C11H19N3O2. The molecule has 1 aromatic rings. The summed E-state index contributed by atoms with van der Waals surface area (Å²) in [6.07, 6.45) is 0. The Kier molecular flexibility index (Phi) is 6.91. The van der Waals surface area contributed by atoms with E-state index in [1.54, 1.807) is 13.8 Å². The molecule has 0 saturated heterocycles. The molecule has 1 atom stereocenters. The van der Waals surface area contributed by atoms with Gasteiger partial charge in [-0.25, -0.2) is 0 Å². The standard InChI is InChI=1S/C6H8N2.C5H11NO2/c7-8-6-4-2-1-3-5-6;1-3(2)4(6)5(7)8/h1-5,8H,7H2;3-4H,6H2,1-2H3,(H,7,8)/t;4-/m.0/s1. The van der Waals surface area contributed by atoms with Crippen LogP contribution in [-0.4, -0.2) is 17.1 Å². The van der Waals surface area contributed by atoms with Gasteiger partial charge in [-0.05, 0) is 18.1 Å². The molecule has 0 saturated carbocycles. The number of anilines is 1. The second-order valence-electron chi connectivity index (χ2n) is 3.62. The van der Waals surface area contributed by atoms with Crippen molar-refractivity contribution < 1.29 is 9.90 Å². The van der Waals surface area contributed by atoms with Crippen molar-refractivity contribution in [2.45, 2.75) is 19.9 Å². The van der Waals surface area contributed by atoms with Crippen molar-refractivity contribution >= 4 is 11.7 Å². The first-order valence-electron chi connectivity index (χ1n) is 4.99. The highest BCUT2D eigenvalue weighted by molar-refractivity contribution is 5.73. The molecule has 1 rings (SSSR count). The molecule has 0 aromatic heterocycles. The fourth-order valence-electron chi connectivity index (χ4n) is 0.820. The molecule has 0 bridgehead atoms. The predicted octanol–water partition coefficient (Wildman–Crippen LogP) is 1.03. The smallest absolute Gasteiger partial charge is 0.320 e. The number of carbonyl (C=O) groups is 1. The summed E-state index contributed by atoms with van der Waals surface area (Å²) < 4.78 is 0. The third-order valence-corrected chi connectivity index (χ3v) is 1.94. The number of hydrazine groups is 1. The van der Waals surface area contributed by atoms with E-state index in [4.69, 9.17) is 16.7 Å². The van der Waals surface area contributed by atoms with Crippen LogP contribution < -0.4 is 17.0 Å². The molecule has 0 aliphatic rings. The van der Waals surface area contributed by atoms with E-state index in [1.165, 1.54) is 0 Å². The topological polar surface area (TPSA) is 101 Å². The van der Waals surface area contributed by atoms with Crippen molar-refractivity contribution in [3.63, 3.8) is 0 Å². The monoisotopic (exact) mass is 225 g/mol. The summed E-state index contributed by atoms with van der Waals surface area (Å²) in [6, 6.07) is 8.89. The Morgan fingerprint density at radius 2 is 1.81 bits per heavy atom. The van der Waals surface area contributed by atoms with Crippen LogP contribution in [0.15, 0.2) is 30.3 Å². The summed E-state index contributed by atoms with van der Waals surface area (Å²) in [4.78, 5) is 10.0. The van der Waals surface area contributed by atoms with Gasteiger partial charge in [0.25, 0.3) is 0 Å². The van der Waals surface area contributed by atoms with Crippen LogP contribution in [0, 0.1) is 5.92 Å². The third-order valence-electron chi connectivity index (χ3n) is 1.94. The van der Waals surface area contributed by atoms with E-state index in [0.717, 1.165) is 5.69 Å². The minimum Gasteiger partial charge on any atom is -0.480 e. The highest BCUT2D eigenvalue weighted by Crippen LogP contribution is 2.00. The highest BCUT2D eigenvalue weighted by atomic mass is 16.4. The molecule has 1 aromatic carbocycles. The van der Waals surface area contributed by atoms with Gasteiger partial charge in [-0.15, -0.1) is 0 Å². The molecule has 0 aliphatic heterocycles. The fraction of sp³-hybridized carbons (Fsp3) is 0.364. The van der Waals surface area contributed by atoms with Crippen LogP contribution in [-0.2, 0) is 4.79 Å². The van der Waals surface area contributed by atoms with Crippen molar-refractivity contribution in [2.75, 3.05) is 5.43 Å². The fourth-order valence-corrected chi connectivity index (χ4v) is 0.820. The lowest BCUT2D eigenvalue weighted by atomic mass is 10.1. The summed E-state index contributed by atoms with van der Waals surface area (Å²) in [5.74, 6) is 4.19. The number of hydrogen-bond donors (Lipinski definition) is 4.